The molecule has 1 aromatic carbocycles. The molecule has 1 saturated carbocycles. The van der Waals surface area contributed by atoms with E-state index in [1.807, 2.05) is 6.92 Å². The number of aliphatic carboxylic acids is 1. The van der Waals surface area contributed by atoms with Crippen LogP contribution in [0.2, 0.25) is 0 Å². The van der Waals surface area contributed by atoms with E-state index >= 15 is 0 Å². The Bertz CT molecular complexity index is 568. The number of ether oxygens (including phenoxy) is 1. The van der Waals surface area contributed by atoms with E-state index in [0.717, 1.165) is 5.56 Å². The summed E-state index contributed by atoms with van der Waals surface area (Å²) in [5.74, 6) is -0.577. The van der Waals surface area contributed by atoms with Crippen LogP contribution in [0, 0.1) is 24.2 Å². The van der Waals surface area contributed by atoms with Crippen LogP contribution in [0.25, 0.3) is 0 Å². The normalized spacial score (nSPS) is 25.1. The third kappa shape index (κ3) is 3.73. The molecule has 0 aliphatic heterocycles. The summed E-state index contributed by atoms with van der Waals surface area (Å²) in [7, 11) is 0. The van der Waals surface area contributed by atoms with Crippen LogP contribution in [-0.2, 0) is 4.79 Å². The summed E-state index contributed by atoms with van der Waals surface area (Å²) in [6.07, 6.45) is 1.76. The first-order valence-corrected chi connectivity index (χ1v) is 7.02. The zero-order chi connectivity index (χ0) is 15.5. The Labute approximate surface area is 123 Å². The van der Waals surface area contributed by atoms with Gasteiger partial charge in [0.2, 0.25) is 0 Å². The fourth-order valence-electron chi connectivity index (χ4n) is 2.58. The van der Waals surface area contributed by atoms with Crippen molar-refractivity contribution >= 4 is 5.97 Å². The zero-order valence-electron chi connectivity index (χ0n) is 12.0. The molecular weight excluding hydrogens is 270 g/mol. The lowest BCUT2D eigenvalue weighted by Crippen LogP contribution is -2.41. The predicted molar refractivity (Wildman–Crippen MR) is 75.9 cm³/mol. The fourth-order valence-corrected chi connectivity index (χ4v) is 2.58. The maximum absolute atomic E-state index is 10.9. The third-order valence-electron chi connectivity index (χ3n) is 4.08. The van der Waals surface area contributed by atoms with Crippen molar-refractivity contribution in [3.63, 3.8) is 0 Å². The molecule has 5 heteroatoms. The quantitative estimate of drug-likeness (QED) is 0.887. The number of hydrogen-bond donors (Lipinski definition) is 2. The third-order valence-corrected chi connectivity index (χ3v) is 4.08. The lowest BCUT2D eigenvalue weighted by Gasteiger charge is -2.34. The van der Waals surface area contributed by atoms with Crippen LogP contribution in [0.1, 0.15) is 36.8 Å². The number of aryl methyl sites for hydroxylation is 1. The number of carboxylic acid groups (broad SMARTS) is 1. The van der Waals surface area contributed by atoms with Gasteiger partial charge in [0.1, 0.15) is 12.4 Å². The maximum atomic E-state index is 10.9. The van der Waals surface area contributed by atoms with E-state index in [0.29, 0.717) is 37.0 Å². The van der Waals surface area contributed by atoms with Crippen LogP contribution >= 0.6 is 0 Å². The number of hydrogen-bond acceptors (Lipinski definition) is 4. The monoisotopic (exact) mass is 289 g/mol. The summed E-state index contributed by atoms with van der Waals surface area (Å²) >= 11 is 0. The van der Waals surface area contributed by atoms with Gasteiger partial charge in [-0.05, 0) is 50.3 Å². The van der Waals surface area contributed by atoms with Gasteiger partial charge >= 0.3 is 5.97 Å². The number of aliphatic hydroxyl groups is 1. The van der Waals surface area contributed by atoms with Gasteiger partial charge in [0.15, 0.2) is 0 Å². The number of carboxylic acids is 1. The van der Waals surface area contributed by atoms with Crippen molar-refractivity contribution < 1.29 is 19.7 Å². The fraction of sp³-hybridized carbons (Fsp3) is 0.500. The van der Waals surface area contributed by atoms with E-state index in [2.05, 4.69) is 6.07 Å². The van der Waals surface area contributed by atoms with Gasteiger partial charge in [-0.25, -0.2) is 0 Å². The van der Waals surface area contributed by atoms with E-state index in [1.165, 1.54) is 0 Å². The zero-order valence-corrected chi connectivity index (χ0v) is 12.0. The Kier molecular flexibility index (Phi) is 4.49. The molecule has 0 amide bonds. The highest BCUT2D eigenvalue weighted by atomic mass is 16.5. The van der Waals surface area contributed by atoms with Crippen LogP contribution in [-0.4, -0.2) is 28.4 Å². The molecule has 0 atom stereocenters. The minimum absolute atomic E-state index is 0.120. The van der Waals surface area contributed by atoms with Crippen molar-refractivity contribution in [2.75, 3.05) is 6.61 Å². The van der Waals surface area contributed by atoms with Gasteiger partial charge in [-0.3, -0.25) is 4.79 Å². The van der Waals surface area contributed by atoms with E-state index < -0.39 is 11.6 Å². The van der Waals surface area contributed by atoms with Crippen molar-refractivity contribution in [1.82, 2.24) is 0 Å². The molecule has 1 fully saturated rings. The standard InChI is InChI=1S/C16H19NO4/c1-11-2-3-12(9-17)8-14(11)21-10-16(20)6-4-13(5-7-16)15(18)19/h2-3,8,13,20H,4-7,10H2,1H3,(H,18,19). The highest BCUT2D eigenvalue weighted by Crippen LogP contribution is 2.33. The molecule has 0 spiro atoms. The van der Waals surface area contributed by atoms with Crippen LogP contribution in [0.15, 0.2) is 18.2 Å². The van der Waals surface area contributed by atoms with Crippen LogP contribution in [0.3, 0.4) is 0 Å². The number of nitrogens with zero attached hydrogens (tertiary/aromatic N) is 1. The van der Waals surface area contributed by atoms with Gasteiger partial charge in [0.25, 0.3) is 0 Å². The average molecular weight is 289 g/mol. The molecule has 0 saturated heterocycles. The van der Waals surface area contributed by atoms with Crippen LogP contribution in [0.4, 0.5) is 0 Å². The SMILES string of the molecule is Cc1ccc(C#N)cc1OCC1(O)CCC(C(=O)O)CC1. The van der Waals surface area contributed by atoms with E-state index in [1.54, 1.807) is 18.2 Å². The molecule has 112 valence electrons. The minimum Gasteiger partial charge on any atom is -0.490 e. The number of carbonyl (C=O) groups is 1. The molecular formula is C16H19NO4. The smallest absolute Gasteiger partial charge is 0.306 e. The van der Waals surface area contributed by atoms with Gasteiger partial charge < -0.3 is 14.9 Å². The van der Waals surface area contributed by atoms with Crippen molar-refractivity contribution in [1.29, 1.82) is 5.26 Å². The topological polar surface area (TPSA) is 90.5 Å². The Morgan fingerprint density at radius 2 is 2.14 bits per heavy atom. The Hall–Kier alpha value is -2.06. The lowest BCUT2D eigenvalue weighted by atomic mass is 9.79. The summed E-state index contributed by atoms with van der Waals surface area (Å²) in [6.45, 7) is 2.00. The van der Waals surface area contributed by atoms with Gasteiger partial charge in [0, 0.05) is 0 Å². The summed E-state index contributed by atoms with van der Waals surface area (Å²) in [6, 6.07) is 7.23. The molecule has 1 aliphatic carbocycles. The summed E-state index contributed by atoms with van der Waals surface area (Å²) in [4.78, 5) is 10.9. The molecule has 2 rings (SSSR count). The predicted octanol–water partition coefficient (Wildman–Crippen LogP) is 2.25. The maximum Gasteiger partial charge on any atom is 0.306 e. The first kappa shape index (κ1) is 15.3. The van der Waals surface area contributed by atoms with Gasteiger partial charge in [-0.2, -0.15) is 5.26 Å². The van der Waals surface area contributed by atoms with Crippen molar-refractivity contribution in [3.8, 4) is 11.8 Å². The lowest BCUT2D eigenvalue weighted by molar-refractivity contribution is -0.145. The van der Waals surface area contributed by atoms with Gasteiger partial charge in [-0.1, -0.05) is 6.07 Å². The molecule has 21 heavy (non-hydrogen) atoms. The van der Waals surface area contributed by atoms with E-state index in [4.69, 9.17) is 15.1 Å². The molecule has 2 N–H and O–H groups in total. The second-order valence-corrected chi connectivity index (χ2v) is 5.72. The first-order chi connectivity index (χ1) is 9.93. The number of rotatable bonds is 4. The molecule has 0 heterocycles. The molecule has 0 bridgehead atoms. The van der Waals surface area contributed by atoms with Crippen molar-refractivity contribution in [2.24, 2.45) is 5.92 Å². The highest BCUT2D eigenvalue weighted by molar-refractivity contribution is 5.70. The van der Waals surface area contributed by atoms with Crippen molar-refractivity contribution in [3.05, 3.63) is 29.3 Å². The molecule has 0 unspecified atom stereocenters. The second kappa shape index (κ2) is 6.15. The van der Waals surface area contributed by atoms with Crippen LogP contribution < -0.4 is 4.74 Å². The summed E-state index contributed by atoms with van der Waals surface area (Å²) < 4.78 is 5.67. The molecule has 5 nitrogen and oxygen atoms in total. The Morgan fingerprint density at radius 3 is 2.71 bits per heavy atom. The molecule has 1 aromatic rings. The summed E-state index contributed by atoms with van der Waals surface area (Å²) in [5.41, 5.74) is 0.426. The van der Waals surface area contributed by atoms with Crippen molar-refractivity contribution in [2.45, 2.75) is 38.2 Å². The number of nitriles is 1. The van der Waals surface area contributed by atoms with E-state index in [9.17, 15) is 9.90 Å². The largest absolute Gasteiger partial charge is 0.490 e. The minimum atomic E-state index is -0.985. The van der Waals surface area contributed by atoms with Gasteiger partial charge in [-0.15, -0.1) is 0 Å². The molecule has 0 radical (unpaired) electrons. The average Bonchev–Trinajstić information content (AvgIpc) is 2.47. The first-order valence-electron chi connectivity index (χ1n) is 7.02. The van der Waals surface area contributed by atoms with Gasteiger partial charge in [0.05, 0.1) is 23.2 Å². The molecule has 0 aromatic heterocycles. The Morgan fingerprint density at radius 1 is 1.48 bits per heavy atom. The second-order valence-electron chi connectivity index (χ2n) is 5.72. The highest BCUT2D eigenvalue weighted by Gasteiger charge is 2.36. The summed E-state index contributed by atoms with van der Waals surface area (Å²) in [5, 5.41) is 28.3. The number of benzene rings is 1. The molecule has 1 aliphatic rings. The van der Waals surface area contributed by atoms with Crippen LogP contribution in [0.5, 0.6) is 5.75 Å². The van der Waals surface area contributed by atoms with E-state index in [-0.39, 0.29) is 12.5 Å². The Balaban J connectivity index is 1.97.